The van der Waals surface area contributed by atoms with Gasteiger partial charge < -0.3 is 20.1 Å². The Bertz CT molecular complexity index is 1350. The van der Waals surface area contributed by atoms with E-state index in [2.05, 4.69) is 25.7 Å². The molecule has 2 aromatic heterocycles. The number of para-hydroxylation sites is 1. The summed E-state index contributed by atoms with van der Waals surface area (Å²) >= 11 is 0. The lowest BCUT2D eigenvalue weighted by Gasteiger charge is -2.11. The maximum Gasteiger partial charge on any atom is 0.295 e. The minimum Gasteiger partial charge on any atom is -0.454 e. The molecule has 0 aliphatic carbocycles. The number of aromatic nitrogens is 4. The smallest absolute Gasteiger partial charge is 0.295 e. The molecule has 32 heavy (non-hydrogen) atoms. The zero-order chi connectivity index (χ0) is 22.1. The summed E-state index contributed by atoms with van der Waals surface area (Å²) in [6, 6.07) is 14.0. The molecule has 1 aliphatic heterocycles. The van der Waals surface area contributed by atoms with Crippen LogP contribution >= 0.6 is 0 Å². The van der Waals surface area contributed by atoms with Crippen molar-refractivity contribution in [1.29, 1.82) is 0 Å². The molecule has 0 atom stereocenters. The van der Waals surface area contributed by atoms with Gasteiger partial charge in [-0.1, -0.05) is 18.2 Å². The Morgan fingerprint density at radius 3 is 2.78 bits per heavy atom. The van der Waals surface area contributed by atoms with Gasteiger partial charge in [-0.3, -0.25) is 9.59 Å². The Morgan fingerprint density at radius 2 is 1.91 bits per heavy atom. The Morgan fingerprint density at radius 1 is 1.06 bits per heavy atom. The molecule has 2 amide bonds. The molecular formula is C22H18N6O4. The van der Waals surface area contributed by atoms with Gasteiger partial charge in [-0.05, 0) is 42.8 Å². The van der Waals surface area contributed by atoms with Crippen LogP contribution in [0.1, 0.15) is 32.2 Å². The van der Waals surface area contributed by atoms with Crippen molar-refractivity contribution >= 4 is 23.3 Å². The van der Waals surface area contributed by atoms with Crippen LogP contribution < -0.4 is 20.1 Å². The van der Waals surface area contributed by atoms with Crippen LogP contribution in [0.25, 0.3) is 5.78 Å². The van der Waals surface area contributed by atoms with Gasteiger partial charge in [-0.25, -0.2) is 9.50 Å². The maximum atomic E-state index is 12.8. The van der Waals surface area contributed by atoms with Gasteiger partial charge in [0.15, 0.2) is 11.5 Å². The lowest BCUT2D eigenvalue weighted by atomic mass is 10.1. The van der Waals surface area contributed by atoms with Gasteiger partial charge in [-0.2, -0.15) is 4.98 Å². The summed E-state index contributed by atoms with van der Waals surface area (Å²) in [5.41, 5.74) is 2.33. The molecule has 2 aromatic carbocycles. The molecule has 2 N–H and O–H groups in total. The second kappa shape index (κ2) is 7.99. The van der Waals surface area contributed by atoms with E-state index >= 15 is 0 Å². The van der Waals surface area contributed by atoms with Crippen molar-refractivity contribution in [2.45, 2.75) is 13.5 Å². The number of nitrogens with one attached hydrogen (secondary N) is 2. The van der Waals surface area contributed by atoms with Crippen LogP contribution in [-0.4, -0.2) is 38.2 Å². The van der Waals surface area contributed by atoms with Crippen molar-refractivity contribution in [1.82, 2.24) is 24.9 Å². The Kier molecular flexibility index (Phi) is 4.86. The first-order valence-corrected chi connectivity index (χ1v) is 9.84. The second-order valence-electron chi connectivity index (χ2n) is 7.10. The largest absolute Gasteiger partial charge is 0.454 e. The van der Waals surface area contributed by atoms with E-state index in [-0.39, 0.29) is 25.1 Å². The highest BCUT2D eigenvalue weighted by atomic mass is 16.7. The highest BCUT2D eigenvalue weighted by Gasteiger charge is 2.19. The number of hydrogen-bond donors (Lipinski definition) is 2. The molecule has 5 rings (SSSR count). The lowest BCUT2D eigenvalue weighted by molar-refractivity contribution is 0.0951. The number of fused-ring (bicyclic) bond motifs is 2. The average molecular weight is 430 g/mol. The summed E-state index contributed by atoms with van der Waals surface area (Å²) in [6.07, 6.45) is 1.60. The summed E-state index contributed by atoms with van der Waals surface area (Å²) in [5.74, 6) is 0.741. The van der Waals surface area contributed by atoms with Gasteiger partial charge in [0.25, 0.3) is 17.6 Å². The van der Waals surface area contributed by atoms with E-state index in [4.69, 9.17) is 9.47 Å². The fourth-order valence-corrected chi connectivity index (χ4v) is 3.30. The molecule has 0 bridgehead atoms. The number of hydrogen-bond acceptors (Lipinski definition) is 7. The van der Waals surface area contributed by atoms with Gasteiger partial charge in [-0.15, -0.1) is 5.10 Å². The molecule has 0 radical (unpaired) electrons. The predicted molar refractivity (Wildman–Crippen MR) is 114 cm³/mol. The first-order valence-electron chi connectivity index (χ1n) is 9.84. The van der Waals surface area contributed by atoms with E-state index in [1.54, 1.807) is 42.6 Å². The van der Waals surface area contributed by atoms with Gasteiger partial charge in [0.1, 0.15) is 0 Å². The first kappa shape index (κ1) is 19.5. The number of nitrogens with zero attached hydrogens (tertiary/aromatic N) is 4. The molecule has 160 valence electrons. The lowest BCUT2D eigenvalue weighted by Crippen LogP contribution is -2.25. The third-order valence-corrected chi connectivity index (χ3v) is 4.94. The Hall–Kier alpha value is -4.47. The molecule has 0 saturated heterocycles. The third kappa shape index (κ3) is 3.69. The maximum absolute atomic E-state index is 12.8. The SMILES string of the molecule is Cc1ccnc2nc(C(=O)Nc3ccccc3C(=O)NCc3ccc4c(c3)OCO4)nn12. The molecule has 4 aromatic rings. The van der Waals surface area contributed by atoms with E-state index in [0.717, 1.165) is 11.3 Å². The zero-order valence-electron chi connectivity index (χ0n) is 17.0. The van der Waals surface area contributed by atoms with Crippen LogP contribution in [-0.2, 0) is 6.54 Å². The highest BCUT2D eigenvalue weighted by Crippen LogP contribution is 2.32. The quantitative estimate of drug-likeness (QED) is 0.499. The molecule has 0 unspecified atom stereocenters. The summed E-state index contributed by atoms with van der Waals surface area (Å²) in [6.45, 7) is 2.32. The number of aryl methyl sites for hydroxylation is 1. The van der Waals surface area contributed by atoms with Gasteiger partial charge in [0.2, 0.25) is 12.6 Å². The van der Waals surface area contributed by atoms with E-state index < -0.39 is 5.91 Å². The molecule has 0 fully saturated rings. The van der Waals surface area contributed by atoms with Crippen LogP contribution in [0.4, 0.5) is 5.69 Å². The van der Waals surface area contributed by atoms with Gasteiger partial charge in [0.05, 0.1) is 11.3 Å². The van der Waals surface area contributed by atoms with E-state index in [1.807, 2.05) is 19.1 Å². The van der Waals surface area contributed by atoms with Gasteiger partial charge in [0, 0.05) is 18.4 Å². The van der Waals surface area contributed by atoms with Crippen molar-refractivity contribution in [3.63, 3.8) is 0 Å². The third-order valence-electron chi connectivity index (χ3n) is 4.94. The van der Waals surface area contributed by atoms with Crippen LogP contribution in [0.3, 0.4) is 0 Å². The molecule has 0 spiro atoms. The van der Waals surface area contributed by atoms with E-state index in [0.29, 0.717) is 28.5 Å². The van der Waals surface area contributed by atoms with Crippen LogP contribution in [0.2, 0.25) is 0 Å². The summed E-state index contributed by atoms with van der Waals surface area (Å²) in [4.78, 5) is 33.8. The summed E-state index contributed by atoms with van der Waals surface area (Å²) in [7, 11) is 0. The monoisotopic (exact) mass is 430 g/mol. The van der Waals surface area contributed by atoms with Crippen LogP contribution in [0.5, 0.6) is 11.5 Å². The molecule has 10 heteroatoms. The van der Waals surface area contributed by atoms with E-state index in [1.165, 1.54) is 4.52 Å². The molecular weight excluding hydrogens is 412 g/mol. The number of rotatable bonds is 5. The van der Waals surface area contributed by atoms with Crippen LogP contribution in [0, 0.1) is 6.92 Å². The zero-order valence-corrected chi connectivity index (χ0v) is 17.0. The Labute approximate surface area is 182 Å². The summed E-state index contributed by atoms with van der Waals surface area (Å²) < 4.78 is 12.1. The summed E-state index contributed by atoms with van der Waals surface area (Å²) in [5, 5.41) is 9.77. The van der Waals surface area contributed by atoms with Gasteiger partial charge >= 0.3 is 0 Å². The van der Waals surface area contributed by atoms with Crippen molar-refractivity contribution in [2.24, 2.45) is 0 Å². The normalized spacial score (nSPS) is 12.0. The minimum absolute atomic E-state index is 0.0395. The Balaban J connectivity index is 1.31. The van der Waals surface area contributed by atoms with Crippen LogP contribution in [0.15, 0.2) is 54.7 Å². The number of benzene rings is 2. The first-order chi connectivity index (χ1) is 15.6. The number of ether oxygens (including phenoxy) is 2. The predicted octanol–water partition coefficient (Wildman–Crippen LogP) is 2.34. The minimum atomic E-state index is -0.536. The fraction of sp³-hybridized carbons (Fsp3) is 0.136. The number of amides is 2. The average Bonchev–Trinajstić information content (AvgIpc) is 3.45. The van der Waals surface area contributed by atoms with Crippen molar-refractivity contribution in [2.75, 3.05) is 12.1 Å². The molecule has 3 heterocycles. The van der Waals surface area contributed by atoms with E-state index in [9.17, 15) is 9.59 Å². The number of anilines is 1. The standard InChI is InChI=1S/C22H18N6O4/c1-13-8-9-23-22-26-19(27-28(13)22)21(30)25-16-5-3-2-4-15(16)20(29)24-11-14-6-7-17-18(10-14)32-12-31-17/h2-10H,11-12H2,1H3,(H,24,29)(H,25,30). The molecule has 10 nitrogen and oxygen atoms in total. The number of carbonyl (C=O) groups is 2. The van der Waals surface area contributed by atoms with Crippen molar-refractivity contribution in [3.8, 4) is 11.5 Å². The van der Waals surface area contributed by atoms with Crippen molar-refractivity contribution in [3.05, 3.63) is 77.4 Å². The topological polar surface area (TPSA) is 120 Å². The number of carbonyl (C=O) groups excluding carboxylic acids is 2. The molecule has 0 saturated carbocycles. The fourth-order valence-electron chi connectivity index (χ4n) is 3.30. The molecule has 1 aliphatic rings. The highest BCUT2D eigenvalue weighted by molar-refractivity contribution is 6.07. The second-order valence-corrected chi connectivity index (χ2v) is 7.10. The van der Waals surface area contributed by atoms with Crippen molar-refractivity contribution < 1.29 is 19.1 Å².